The van der Waals surface area contributed by atoms with E-state index in [1.54, 1.807) is 29.6 Å². The second-order valence-electron chi connectivity index (χ2n) is 7.52. The Hall–Kier alpha value is -2.38. The molecule has 1 saturated heterocycles. The molecule has 0 radical (unpaired) electrons. The Kier molecular flexibility index (Phi) is 7.87. The number of carbonyl (C=O) groups excluding carboxylic acids is 1. The van der Waals surface area contributed by atoms with Crippen LogP contribution in [-0.4, -0.2) is 45.4 Å². The molecule has 2 aromatic rings. The highest BCUT2D eigenvalue weighted by atomic mass is 32.2. The van der Waals surface area contributed by atoms with E-state index in [1.807, 2.05) is 24.3 Å². The number of ether oxygens (including phenoxy) is 1. The normalized spacial score (nSPS) is 15.4. The van der Waals surface area contributed by atoms with E-state index in [1.165, 1.54) is 6.07 Å². The predicted molar refractivity (Wildman–Crippen MR) is 117 cm³/mol. The van der Waals surface area contributed by atoms with Gasteiger partial charge in [-0.3, -0.25) is 4.79 Å². The first kappa shape index (κ1) is 22.3. The van der Waals surface area contributed by atoms with Gasteiger partial charge in [0.25, 0.3) is 5.91 Å². The van der Waals surface area contributed by atoms with Crippen LogP contribution in [-0.2, 0) is 16.4 Å². The lowest BCUT2D eigenvalue weighted by Crippen LogP contribution is -2.32. The van der Waals surface area contributed by atoms with Crippen LogP contribution in [0.1, 0.15) is 48.0 Å². The van der Waals surface area contributed by atoms with Gasteiger partial charge in [-0.2, -0.15) is 4.31 Å². The topological polar surface area (TPSA) is 75.7 Å². The highest BCUT2D eigenvalue weighted by Crippen LogP contribution is 2.21. The Balaban J connectivity index is 1.59. The third-order valence-corrected chi connectivity index (χ3v) is 7.29. The number of para-hydroxylation sites is 1. The van der Waals surface area contributed by atoms with Gasteiger partial charge in [0.2, 0.25) is 10.0 Å². The van der Waals surface area contributed by atoms with Gasteiger partial charge in [-0.05, 0) is 55.5 Å². The minimum absolute atomic E-state index is 0.186. The lowest BCUT2D eigenvalue weighted by molar-refractivity contribution is 0.0953. The molecule has 0 atom stereocenters. The molecule has 0 bridgehead atoms. The Morgan fingerprint density at radius 1 is 1.03 bits per heavy atom. The molecule has 1 aliphatic rings. The van der Waals surface area contributed by atoms with Gasteiger partial charge in [-0.25, -0.2) is 8.42 Å². The van der Waals surface area contributed by atoms with E-state index < -0.39 is 10.0 Å². The summed E-state index contributed by atoms with van der Waals surface area (Å²) in [5.41, 5.74) is 1.46. The monoisotopic (exact) mass is 430 g/mol. The molecule has 0 aliphatic carbocycles. The third kappa shape index (κ3) is 5.61. The molecule has 0 aromatic heterocycles. The lowest BCUT2D eigenvalue weighted by atomic mass is 10.1. The molecular weight excluding hydrogens is 400 g/mol. The molecule has 3 rings (SSSR count). The maximum absolute atomic E-state index is 13.0. The first-order valence-electron chi connectivity index (χ1n) is 10.5. The number of benzene rings is 2. The average Bonchev–Trinajstić information content (AvgIpc) is 3.07. The van der Waals surface area contributed by atoms with Crippen LogP contribution in [0.15, 0.2) is 53.4 Å². The zero-order valence-electron chi connectivity index (χ0n) is 17.5. The second kappa shape index (κ2) is 10.6. The van der Waals surface area contributed by atoms with Crippen LogP contribution in [0.3, 0.4) is 0 Å². The summed E-state index contributed by atoms with van der Waals surface area (Å²) >= 11 is 0. The van der Waals surface area contributed by atoms with Crippen LogP contribution in [0.2, 0.25) is 0 Å². The van der Waals surface area contributed by atoms with Crippen LogP contribution in [0.4, 0.5) is 0 Å². The number of methoxy groups -OCH3 is 1. The highest BCUT2D eigenvalue weighted by Gasteiger charge is 2.25. The van der Waals surface area contributed by atoms with Gasteiger partial charge < -0.3 is 10.1 Å². The fraction of sp³-hybridized carbons (Fsp3) is 0.435. The van der Waals surface area contributed by atoms with E-state index in [0.29, 0.717) is 25.2 Å². The number of nitrogens with zero attached hydrogens (tertiary/aromatic N) is 1. The van der Waals surface area contributed by atoms with Crippen molar-refractivity contribution in [2.45, 2.75) is 43.4 Å². The summed E-state index contributed by atoms with van der Waals surface area (Å²) in [7, 11) is -1.92. The molecule has 0 saturated carbocycles. The van der Waals surface area contributed by atoms with Crippen LogP contribution in [0, 0.1) is 0 Å². The number of amides is 1. The van der Waals surface area contributed by atoms with Crippen LogP contribution >= 0.6 is 0 Å². The van der Waals surface area contributed by atoms with Crippen molar-refractivity contribution in [1.82, 2.24) is 9.62 Å². The molecule has 1 amide bonds. The molecule has 1 aliphatic heterocycles. The standard InChI is InChI=1S/C23H30N2O4S/c1-29-22-14-5-4-10-19(22)12-9-15-24-23(26)20-11-8-13-21(18-20)30(27,28)25-16-6-2-3-7-17-25/h4-5,8,10-11,13-14,18H,2-3,6-7,9,12,15-17H2,1H3,(H,24,26). The van der Waals surface area contributed by atoms with E-state index in [9.17, 15) is 13.2 Å². The Labute approximate surface area is 179 Å². The number of rotatable bonds is 8. The molecule has 162 valence electrons. The summed E-state index contributed by atoms with van der Waals surface area (Å²) in [6.45, 7) is 1.59. The molecule has 2 aromatic carbocycles. The van der Waals surface area contributed by atoms with E-state index >= 15 is 0 Å². The molecule has 30 heavy (non-hydrogen) atoms. The van der Waals surface area contributed by atoms with Crippen molar-refractivity contribution in [2.75, 3.05) is 26.7 Å². The molecule has 6 nitrogen and oxygen atoms in total. The molecule has 1 fully saturated rings. The summed E-state index contributed by atoms with van der Waals surface area (Å²) in [6, 6.07) is 14.2. The summed E-state index contributed by atoms with van der Waals surface area (Å²) in [4.78, 5) is 12.7. The Bertz CT molecular complexity index is 951. The number of carbonyl (C=O) groups is 1. The van der Waals surface area contributed by atoms with Gasteiger partial charge in [0.1, 0.15) is 5.75 Å². The van der Waals surface area contributed by atoms with Gasteiger partial charge in [-0.15, -0.1) is 0 Å². The van der Waals surface area contributed by atoms with Crippen molar-refractivity contribution in [2.24, 2.45) is 0 Å². The van der Waals surface area contributed by atoms with Gasteiger partial charge in [0.15, 0.2) is 0 Å². The molecule has 1 N–H and O–H groups in total. The molecule has 0 spiro atoms. The highest BCUT2D eigenvalue weighted by molar-refractivity contribution is 7.89. The summed E-state index contributed by atoms with van der Waals surface area (Å²) in [6.07, 6.45) is 5.43. The van der Waals surface area contributed by atoms with Gasteiger partial charge in [-0.1, -0.05) is 37.1 Å². The van der Waals surface area contributed by atoms with E-state index in [4.69, 9.17) is 4.74 Å². The maximum atomic E-state index is 13.0. The molecular formula is C23H30N2O4S. The van der Waals surface area contributed by atoms with Crippen molar-refractivity contribution in [3.05, 3.63) is 59.7 Å². The maximum Gasteiger partial charge on any atom is 0.251 e. The first-order chi connectivity index (χ1) is 14.5. The Morgan fingerprint density at radius 3 is 2.50 bits per heavy atom. The average molecular weight is 431 g/mol. The van der Waals surface area contributed by atoms with Crippen LogP contribution < -0.4 is 10.1 Å². The number of nitrogens with one attached hydrogen (secondary N) is 1. The van der Waals surface area contributed by atoms with Gasteiger partial charge >= 0.3 is 0 Å². The van der Waals surface area contributed by atoms with Crippen LogP contribution in [0.5, 0.6) is 5.75 Å². The second-order valence-corrected chi connectivity index (χ2v) is 9.46. The summed E-state index contributed by atoms with van der Waals surface area (Å²) < 4.78 is 32.8. The largest absolute Gasteiger partial charge is 0.496 e. The SMILES string of the molecule is COc1ccccc1CCCNC(=O)c1cccc(S(=O)(=O)N2CCCCCC2)c1. The number of hydrogen-bond acceptors (Lipinski definition) is 4. The number of sulfonamides is 1. The zero-order valence-corrected chi connectivity index (χ0v) is 18.3. The first-order valence-corrected chi connectivity index (χ1v) is 12.0. The fourth-order valence-corrected chi connectivity index (χ4v) is 5.28. The summed E-state index contributed by atoms with van der Waals surface area (Å²) in [5, 5.41) is 2.89. The van der Waals surface area contributed by atoms with E-state index in [-0.39, 0.29) is 10.8 Å². The van der Waals surface area contributed by atoms with Gasteiger partial charge in [0.05, 0.1) is 12.0 Å². The number of hydrogen-bond donors (Lipinski definition) is 1. The zero-order chi connectivity index (χ0) is 21.4. The van der Waals surface area contributed by atoms with Crippen molar-refractivity contribution >= 4 is 15.9 Å². The van der Waals surface area contributed by atoms with E-state index in [2.05, 4.69) is 5.32 Å². The molecule has 0 unspecified atom stereocenters. The fourth-order valence-electron chi connectivity index (χ4n) is 3.72. The predicted octanol–water partition coefficient (Wildman–Crippen LogP) is 3.62. The van der Waals surface area contributed by atoms with Crippen LogP contribution in [0.25, 0.3) is 0 Å². The minimum Gasteiger partial charge on any atom is -0.496 e. The van der Waals surface area contributed by atoms with Crippen molar-refractivity contribution < 1.29 is 17.9 Å². The molecule has 7 heteroatoms. The Morgan fingerprint density at radius 2 is 1.77 bits per heavy atom. The van der Waals surface area contributed by atoms with Crippen molar-refractivity contribution in [1.29, 1.82) is 0 Å². The lowest BCUT2D eigenvalue weighted by Gasteiger charge is -2.20. The van der Waals surface area contributed by atoms with E-state index in [0.717, 1.165) is 49.8 Å². The molecule has 1 heterocycles. The number of aryl methyl sites for hydroxylation is 1. The third-order valence-electron chi connectivity index (χ3n) is 5.40. The summed E-state index contributed by atoms with van der Waals surface area (Å²) in [5.74, 6) is 0.582. The van der Waals surface area contributed by atoms with Crippen molar-refractivity contribution in [3.63, 3.8) is 0 Å². The smallest absolute Gasteiger partial charge is 0.251 e. The minimum atomic E-state index is -3.57. The van der Waals surface area contributed by atoms with Gasteiger partial charge in [0, 0.05) is 25.2 Å². The van der Waals surface area contributed by atoms with Crippen molar-refractivity contribution in [3.8, 4) is 5.75 Å². The quantitative estimate of drug-likeness (QED) is 0.649.